The number of aryl methyl sites for hydroxylation is 1. The van der Waals surface area contributed by atoms with E-state index in [0.717, 1.165) is 0 Å². The van der Waals surface area contributed by atoms with Crippen LogP contribution >= 0.6 is 15.9 Å². The molecule has 13 heavy (non-hydrogen) atoms. The molecule has 0 nitrogen and oxygen atoms in total. The van der Waals surface area contributed by atoms with E-state index in [-0.39, 0.29) is 0 Å². The molecule has 0 saturated heterocycles. The summed E-state index contributed by atoms with van der Waals surface area (Å²) in [5.74, 6) is 0. The van der Waals surface area contributed by atoms with Crippen LogP contribution in [0.2, 0.25) is 0 Å². The van der Waals surface area contributed by atoms with Gasteiger partial charge in [0.1, 0.15) is 0 Å². The van der Waals surface area contributed by atoms with Crippen molar-refractivity contribution in [3.05, 3.63) is 35.9 Å². The van der Waals surface area contributed by atoms with Crippen molar-refractivity contribution in [1.82, 2.24) is 0 Å². The highest BCUT2D eigenvalue weighted by Crippen LogP contribution is 2.11. The molecule has 0 fully saturated rings. The fraction of sp³-hybridized carbons (Fsp3) is 0.500. The summed E-state index contributed by atoms with van der Waals surface area (Å²) in [5, 5.41) is 0. The average Bonchev–Trinajstić information content (AvgIpc) is 2.14. The van der Waals surface area contributed by atoms with E-state index in [1.165, 1.54) is 31.2 Å². The Morgan fingerprint density at radius 2 is 1.85 bits per heavy atom. The van der Waals surface area contributed by atoms with Crippen LogP contribution in [0.5, 0.6) is 0 Å². The van der Waals surface area contributed by atoms with E-state index in [9.17, 15) is 0 Å². The molecule has 0 aliphatic rings. The monoisotopic (exact) mass is 240 g/mol. The molecule has 1 unspecified atom stereocenters. The fourth-order valence-electron chi connectivity index (χ4n) is 1.40. The van der Waals surface area contributed by atoms with E-state index in [1.54, 1.807) is 0 Å². The Bertz CT molecular complexity index is 216. The number of halogens is 1. The highest BCUT2D eigenvalue weighted by molar-refractivity contribution is 9.09. The van der Waals surface area contributed by atoms with Crippen LogP contribution in [0.1, 0.15) is 31.7 Å². The van der Waals surface area contributed by atoms with Gasteiger partial charge in [-0.15, -0.1) is 0 Å². The number of benzene rings is 1. The van der Waals surface area contributed by atoms with Crippen LogP contribution in [0, 0.1) is 0 Å². The van der Waals surface area contributed by atoms with E-state index >= 15 is 0 Å². The van der Waals surface area contributed by atoms with Crippen LogP contribution in [-0.4, -0.2) is 4.83 Å². The first kappa shape index (κ1) is 10.8. The van der Waals surface area contributed by atoms with Gasteiger partial charge in [0.25, 0.3) is 0 Å². The molecule has 0 spiro atoms. The van der Waals surface area contributed by atoms with Crippen molar-refractivity contribution in [3.63, 3.8) is 0 Å². The maximum Gasteiger partial charge on any atom is 0.0117 e. The minimum atomic E-state index is 0.670. The van der Waals surface area contributed by atoms with Crippen molar-refractivity contribution in [2.24, 2.45) is 0 Å². The molecule has 0 aliphatic heterocycles. The van der Waals surface area contributed by atoms with Gasteiger partial charge >= 0.3 is 0 Å². The summed E-state index contributed by atoms with van der Waals surface area (Å²) in [4.78, 5) is 0.670. The Kier molecular flexibility index (Phi) is 5.14. The third-order valence-electron chi connectivity index (χ3n) is 2.16. The van der Waals surface area contributed by atoms with E-state index in [1.807, 2.05) is 0 Å². The topological polar surface area (TPSA) is 0 Å². The fourth-order valence-corrected chi connectivity index (χ4v) is 1.72. The maximum atomic E-state index is 3.56. The number of hydrogen-bond donors (Lipinski definition) is 0. The van der Waals surface area contributed by atoms with E-state index in [2.05, 4.69) is 53.2 Å². The van der Waals surface area contributed by atoms with Gasteiger partial charge in [-0.05, 0) is 24.8 Å². The summed E-state index contributed by atoms with van der Waals surface area (Å²) in [6.07, 6.45) is 5.13. The molecule has 0 aromatic heterocycles. The number of rotatable bonds is 5. The van der Waals surface area contributed by atoms with Crippen molar-refractivity contribution in [2.45, 2.75) is 37.4 Å². The Morgan fingerprint density at radius 1 is 1.15 bits per heavy atom. The number of unbranched alkanes of at least 4 members (excludes halogenated alkanes) is 1. The predicted octanol–water partition coefficient (Wildman–Crippen LogP) is 4.18. The summed E-state index contributed by atoms with van der Waals surface area (Å²) in [6.45, 7) is 2.21. The van der Waals surface area contributed by atoms with Crippen molar-refractivity contribution in [1.29, 1.82) is 0 Å². The van der Waals surface area contributed by atoms with Gasteiger partial charge in [-0.2, -0.15) is 0 Å². The van der Waals surface area contributed by atoms with E-state index < -0.39 is 0 Å². The lowest BCUT2D eigenvalue weighted by molar-refractivity contribution is 0.680. The summed E-state index contributed by atoms with van der Waals surface area (Å²) in [7, 11) is 0. The summed E-state index contributed by atoms with van der Waals surface area (Å²) in [6, 6.07) is 10.7. The quantitative estimate of drug-likeness (QED) is 0.535. The highest BCUT2D eigenvalue weighted by Gasteiger charge is 1.96. The number of alkyl halides is 1. The molecule has 1 aromatic rings. The van der Waals surface area contributed by atoms with Crippen LogP contribution in [0.4, 0.5) is 0 Å². The second kappa shape index (κ2) is 6.20. The van der Waals surface area contributed by atoms with Crippen LogP contribution in [0.3, 0.4) is 0 Å². The molecule has 0 aliphatic carbocycles. The van der Waals surface area contributed by atoms with Gasteiger partial charge in [-0.25, -0.2) is 0 Å². The van der Waals surface area contributed by atoms with Gasteiger partial charge in [-0.1, -0.05) is 59.6 Å². The van der Waals surface area contributed by atoms with Crippen LogP contribution < -0.4 is 0 Å². The Morgan fingerprint density at radius 3 is 2.46 bits per heavy atom. The number of hydrogen-bond acceptors (Lipinski definition) is 0. The van der Waals surface area contributed by atoms with Crippen molar-refractivity contribution in [2.75, 3.05) is 0 Å². The van der Waals surface area contributed by atoms with Crippen LogP contribution in [-0.2, 0) is 6.42 Å². The zero-order valence-electron chi connectivity index (χ0n) is 8.17. The molecule has 0 heterocycles. The highest BCUT2D eigenvalue weighted by atomic mass is 79.9. The van der Waals surface area contributed by atoms with Crippen LogP contribution in [0.15, 0.2) is 30.3 Å². The molecule has 1 atom stereocenters. The molecule has 0 saturated carbocycles. The summed E-state index contributed by atoms with van der Waals surface area (Å²) >= 11 is 3.56. The Balaban J connectivity index is 2.13. The molecule has 1 rings (SSSR count). The van der Waals surface area contributed by atoms with Crippen molar-refractivity contribution in [3.8, 4) is 0 Å². The lowest BCUT2D eigenvalue weighted by Crippen LogP contribution is -1.91. The summed E-state index contributed by atoms with van der Waals surface area (Å²) in [5.41, 5.74) is 1.46. The molecule has 72 valence electrons. The largest absolute Gasteiger partial charge is 0.0894 e. The smallest absolute Gasteiger partial charge is 0.0117 e. The lowest BCUT2D eigenvalue weighted by atomic mass is 10.1. The van der Waals surface area contributed by atoms with Gasteiger partial charge in [0.15, 0.2) is 0 Å². The maximum absolute atomic E-state index is 3.56. The van der Waals surface area contributed by atoms with Crippen molar-refractivity contribution >= 4 is 15.9 Å². The molecule has 0 amide bonds. The van der Waals surface area contributed by atoms with E-state index in [4.69, 9.17) is 0 Å². The standard InChI is InChI=1S/C12H17Br/c1-11(13)7-5-6-10-12-8-3-2-4-9-12/h2-4,8-9,11H,5-7,10H2,1H3. The average molecular weight is 241 g/mol. The zero-order valence-corrected chi connectivity index (χ0v) is 9.76. The second-order valence-electron chi connectivity index (χ2n) is 3.51. The molecule has 0 N–H and O–H groups in total. The summed E-state index contributed by atoms with van der Waals surface area (Å²) < 4.78 is 0. The van der Waals surface area contributed by atoms with Gasteiger partial charge in [0.2, 0.25) is 0 Å². The Hall–Kier alpha value is -0.300. The SMILES string of the molecule is CC(Br)CCCCc1ccccc1. The minimum absolute atomic E-state index is 0.670. The van der Waals surface area contributed by atoms with Gasteiger partial charge in [0.05, 0.1) is 0 Å². The van der Waals surface area contributed by atoms with Crippen molar-refractivity contribution < 1.29 is 0 Å². The molecule has 0 bridgehead atoms. The third-order valence-corrected chi connectivity index (χ3v) is 2.62. The second-order valence-corrected chi connectivity index (χ2v) is 5.08. The minimum Gasteiger partial charge on any atom is -0.0894 e. The van der Waals surface area contributed by atoms with Gasteiger partial charge in [-0.3, -0.25) is 0 Å². The molecule has 0 radical (unpaired) electrons. The predicted molar refractivity (Wildman–Crippen MR) is 62.4 cm³/mol. The van der Waals surface area contributed by atoms with Crippen LogP contribution in [0.25, 0.3) is 0 Å². The first-order chi connectivity index (χ1) is 6.29. The first-order valence-electron chi connectivity index (χ1n) is 4.97. The molecule has 1 heteroatoms. The third kappa shape index (κ3) is 5.09. The molecule has 1 aromatic carbocycles. The normalized spacial score (nSPS) is 12.8. The van der Waals surface area contributed by atoms with Gasteiger partial charge < -0.3 is 0 Å². The molecular weight excluding hydrogens is 224 g/mol. The zero-order chi connectivity index (χ0) is 9.52. The lowest BCUT2D eigenvalue weighted by Gasteiger charge is -2.03. The Labute approximate surface area is 89.5 Å². The molecular formula is C12H17Br. The van der Waals surface area contributed by atoms with Gasteiger partial charge in [0, 0.05) is 4.83 Å². The first-order valence-corrected chi connectivity index (χ1v) is 5.88. The van der Waals surface area contributed by atoms with E-state index in [0.29, 0.717) is 4.83 Å².